The summed E-state index contributed by atoms with van der Waals surface area (Å²) in [5.41, 5.74) is 1.68. The van der Waals surface area contributed by atoms with Crippen LogP contribution in [0, 0.1) is 6.92 Å². The van der Waals surface area contributed by atoms with Crippen LogP contribution < -0.4 is 5.69 Å². The molecule has 0 aliphatic rings. The van der Waals surface area contributed by atoms with Crippen molar-refractivity contribution in [1.82, 2.24) is 19.2 Å². The highest BCUT2D eigenvalue weighted by atomic mass is 32.1. The number of aromatic nitrogens is 4. The standard InChI is InChI=1S/C16H16N4O2S/c1-4-10-9(3)23-15-12(10)14-17-13(11-7-6-8-22-11)18-20(14)16(21)19(15)5-2/h6-8H,4-5H2,1-3H3. The van der Waals surface area contributed by atoms with Gasteiger partial charge in [0.1, 0.15) is 4.83 Å². The topological polar surface area (TPSA) is 65.3 Å². The van der Waals surface area contributed by atoms with Crippen LogP contribution in [-0.2, 0) is 13.0 Å². The molecule has 0 aromatic carbocycles. The Balaban J connectivity index is 2.20. The molecule has 0 saturated carbocycles. The lowest BCUT2D eigenvalue weighted by atomic mass is 10.1. The van der Waals surface area contributed by atoms with Crippen molar-refractivity contribution in [3.05, 3.63) is 39.3 Å². The second-order valence-corrected chi connectivity index (χ2v) is 6.55. The molecule has 0 aliphatic carbocycles. The summed E-state index contributed by atoms with van der Waals surface area (Å²) in [5, 5.41) is 5.41. The van der Waals surface area contributed by atoms with Gasteiger partial charge in [-0.2, -0.15) is 4.52 Å². The number of hydrogen-bond donors (Lipinski definition) is 0. The van der Waals surface area contributed by atoms with E-state index in [0.717, 1.165) is 16.6 Å². The summed E-state index contributed by atoms with van der Waals surface area (Å²) in [7, 11) is 0. The fourth-order valence-electron chi connectivity index (χ4n) is 3.01. The van der Waals surface area contributed by atoms with Crippen LogP contribution in [0.15, 0.2) is 27.6 Å². The lowest BCUT2D eigenvalue weighted by Crippen LogP contribution is -2.26. The number of fused-ring (bicyclic) bond motifs is 3. The monoisotopic (exact) mass is 328 g/mol. The minimum atomic E-state index is -0.163. The van der Waals surface area contributed by atoms with Crippen molar-refractivity contribution < 1.29 is 4.42 Å². The van der Waals surface area contributed by atoms with Crippen molar-refractivity contribution in [1.29, 1.82) is 0 Å². The van der Waals surface area contributed by atoms with Crippen molar-refractivity contribution in [2.45, 2.75) is 33.7 Å². The molecular formula is C16H16N4O2S. The average molecular weight is 328 g/mol. The van der Waals surface area contributed by atoms with E-state index >= 15 is 0 Å². The van der Waals surface area contributed by atoms with E-state index in [1.165, 1.54) is 15.0 Å². The van der Waals surface area contributed by atoms with Crippen molar-refractivity contribution >= 4 is 27.2 Å². The molecule has 6 nitrogen and oxygen atoms in total. The lowest BCUT2D eigenvalue weighted by molar-refractivity contribution is 0.576. The molecule has 0 atom stereocenters. The molecule has 4 heterocycles. The van der Waals surface area contributed by atoms with Crippen LogP contribution in [0.3, 0.4) is 0 Å². The van der Waals surface area contributed by atoms with Crippen molar-refractivity contribution in [3.8, 4) is 11.6 Å². The zero-order valence-corrected chi connectivity index (χ0v) is 14.0. The van der Waals surface area contributed by atoms with Crippen LogP contribution >= 0.6 is 11.3 Å². The zero-order chi connectivity index (χ0) is 16.1. The highest BCUT2D eigenvalue weighted by molar-refractivity contribution is 7.19. The van der Waals surface area contributed by atoms with Gasteiger partial charge < -0.3 is 4.42 Å². The Morgan fingerprint density at radius 2 is 2.17 bits per heavy atom. The number of rotatable bonds is 3. The molecule has 0 aliphatic heterocycles. The first kappa shape index (κ1) is 14.2. The zero-order valence-electron chi connectivity index (χ0n) is 13.2. The van der Waals surface area contributed by atoms with E-state index in [0.29, 0.717) is 23.8 Å². The fraction of sp³-hybridized carbons (Fsp3) is 0.312. The first-order chi connectivity index (χ1) is 11.2. The maximum absolute atomic E-state index is 12.8. The number of furan rings is 1. The van der Waals surface area contributed by atoms with Crippen molar-refractivity contribution in [3.63, 3.8) is 0 Å². The van der Waals surface area contributed by atoms with Gasteiger partial charge >= 0.3 is 5.69 Å². The van der Waals surface area contributed by atoms with Crippen LogP contribution in [-0.4, -0.2) is 19.2 Å². The Morgan fingerprint density at radius 1 is 1.35 bits per heavy atom. The van der Waals surface area contributed by atoms with E-state index < -0.39 is 0 Å². The maximum atomic E-state index is 12.8. The largest absolute Gasteiger partial charge is 0.461 e. The first-order valence-electron chi connectivity index (χ1n) is 7.61. The Bertz CT molecular complexity index is 1070. The van der Waals surface area contributed by atoms with Gasteiger partial charge in [-0.05, 0) is 38.0 Å². The molecule has 23 heavy (non-hydrogen) atoms. The lowest BCUT2D eigenvalue weighted by Gasteiger charge is -2.05. The van der Waals surface area contributed by atoms with Gasteiger partial charge in [0.25, 0.3) is 0 Å². The predicted molar refractivity (Wildman–Crippen MR) is 90.1 cm³/mol. The van der Waals surface area contributed by atoms with Gasteiger partial charge in [0, 0.05) is 11.4 Å². The van der Waals surface area contributed by atoms with Gasteiger partial charge in [-0.1, -0.05) is 6.92 Å². The van der Waals surface area contributed by atoms with Gasteiger partial charge in [0.2, 0.25) is 5.82 Å². The fourth-order valence-corrected chi connectivity index (χ4v) is 4.30. The number of aryl methyl sites for hydroxylation is 3. The summed E-state index contributed by atoms with van der Waals surface area (Å²) in [6, 6.07) is 3.58. The third-order valence-electron chi connectivity index (χ3n) is 4.09. The smallest absolute Gasteiger partial charge is 0.351 e. The number of hydrogen-bond acceptors (Lipinski definition) is 5. The van der Waals surface area contributed by atoms with Crippen LogP contribution in [0.4, 0.5) is 0 Å². The Kier molecular flexibility index (Phi) is 3.12. The second kappa shape index (κ2) is 5.06. The molecule has 0 N–H and O–H groups in total. The van der Waals surface area contributed by atoms with E-state index in [1.807, 2.05) is 6.92 Å². The summed E-state index contributed by atoms with van der Waals surface area (Å²) in [6.45, 7) is 6.78. The normalized spacial score (nSPS) is 11.8. The molecule has 0 saturated heterocycles. The molecule has 0 unspecified atom stereocenters. The highest BCUT2D eigenvalue weighted by Gasteiger charge is 2.21. The molecule has 0 amide bonds. The molecule has 118 valence electrons. The number of nitrogens with zero attached hydrogens (tertiary/aromatic N) is 4. The molecule has 0 spiro atoms. The third kappa shape index (κ3) is 1.89. The van der Waals surface area contributed by atoms with Crippen molar-refractivity contribution in [2.75, 3.05) is 0 Å². The van der Waals surface area contributed by atoms with Crippen LogP contribution in [0.25, 0.3) is 27.4 Å². The van der Waals surface area contributed by atoms with Crippen LogP contribution in [0.5, 0.6) is 0 Å². The van der Waals surface area contributed by atoms with E-state index in [9.17, 15) is 4.79 Å². The van der Waals surface area contributed by atoms with Gasteiger partial charge in [-0.25, -0.2) is 9.78 Å². The molecule has 4 aromatic heterocycles. The summed E-state index contributed by atoms with van der Waals surface area (Å²) in [4.78, 5) is 19.5. The van der Waals surface area contributed by atoms with Crippen LogP contribution in [0.1, 0.15) is 24.3 Å². The molecule has 0 bridgehead atoms. The molecule has 4 rings (SSSR count). The van der Waals surface area contributed by atoms with Gasteiger partial charge in [0.05, 0.1) is 11.6 Å². The third-order valence-corrected chi connectivity index (χ3v) is 5.26. The summed E-state index contributed by atoms with van der Waals surface area (Å²) < 4.78 is 8.54. The summed E-state index contributed by atoms with van der Waals surface area (Å²) in [6.07, 6.45) is 2.47. The van der Waals surface area contributed by atoms with Crippen LogP contribution in [0.2, 0.25) is 0 Å². The van der Waals surface area contributed by atoms with Gasteiger partial charge in [-0.15, -0.1) is 16.4 Å². The maximum Gasteiger partial charge on any atom is 0.351 e. The van der Waals surface area contributed by atoms with E-state index in [4.69, 9.17) is 4.42 Å². The second-order valence-electron chi connectivity index (χ2n) is 5.35. The minimum absolute atomic E-state index is 0.163. The van der Waals surface area contributed by atoms with Gasteiger partial charge in [0.15, 0.2) is 11.4 Å². The molecule has 0 fully saturated rings. The van der Waals surface area contributed by atoms with E-state index in [1.54, 1.807) is 34.3 Å². The van der Waals surface area contributed by atoms with E-state index in [-0.39, 0.29) is 5.69 Å². The Hall–Kier alpha value is -2.41. The van der Waals surface area contributed by atoms with Gasteiger partial charge in [-0.3, -0.25) is 4.57 Å². The van der Waals surface area contributed by atoms with Crippen molar-refractivity contribution in [2.24, 2.45) is 0 Å². The summed E-state index contributed by atoms with van der Waals surface area (Å²) in [5.74, 6) is 1.00. The first-order valence-corrected chi connectivity index (χ1v) is 8.42. The van der Waals surface area contributed by atoms with E-state index in [2.05, 4.69) is 23.9 Å². The molecule has 4 aromatic rings. The Morgan fingerprint density at radius 3 is 2.83 bits per heavy atom. The predicted octanol–water partition coefficient (Wildman–Crippen LogP) is 3.26. The molecule has 7 heteroatoms. The minimum Gasteiger partial charge on any atom is -0.461 e. The quantitative estimate of drug-likeness (QED) is 0.579. The SMILES string of the molecule is CCc1c(C)sc2c1c1nc(-c3ccco3)nn1c(=O)n2CC. The molecule has 0 radical (unpaired) electrons. The Labute approximate surface area is 136 Å². The highest BCUT2D eigenvalue weighted by Crippen LogP contribution is 2.33. The number of thiophene rings is 1. The average Bonchev–Trinajstić information content (AvgIpc) is 3.24. The molecular weight excluding hydrogens is 312 g/mol. The summed E-state index contributed by atoms with van der Waals surface area (Å²) >= 11 is 1.65.